The van der Waals surface area contributed by atoms with Crippen LogP contribution < -0.4 is 11.3 Å². The summed E-state index contributed by atoms with van der Waals surface area (Å²) in [6, 6.07) is 14.9. The Hall–Kier alpha value is -6.68. The van der Waals surface area contributed by atoms with E-state index in [1.165, 1.54) is 36.4 Å². The molecule has 2 fully saturated rings. The summed E-state index contributed by atoms with van der Waals surface area (Å²) in [6.45, 7) is 0.936. The number of pyridine rings is 1. The Morgan fingerprint density at radius 1 is 0.839 bits per heavy atom. The molecule has 3 aliphatic rings. The van der Waals surface area contributed by atoms with Gasteiger partial charge >= 0.3 is 0 Å². The molecule has 0 atom stereocenters. The van der Waals surface area contributed by atoms with E-state index in [0.717, 1.165) is 75.5 Å². The summed E-state index contributed by atoms with van der Waals surface area (Å²) >= 11 is 1.59. The Kier molecular flexibility index (Phi) is 7.26. The zero-order valence-corrected chi connectivity index (χ0v) is 31.2. The van der Waals surface area contributed by atoms with E-state index in [1.54, 1.807) is 29.1 Å². The fourth-order valence-corrected chi connectivity index (χ4v) is 8.43. The third kappa shape index (κ3) is 5.38. The fourth-order valence-electron chi connectivity index (χ4n) is 7.71. The number of hydrogen-bond acceptors (Lipinski definition) is 9. The van der Waals surface area contributed by atoms with Crippen molar-refractivity contribution in [1.82, 2.24) is 57.4 Å². The van der Waals surface area contributed by atoms with Crippen LogP contribution in [-0.4, -0.2) is 63.3 Å². The standard InChI is InChI=1S/C20H19N7O.C20H16N6OS/c21-20(28)15-10-22-16-6-3-12(11-26(15)16)19-18(23-17-2-1-8-25(17)19)14-7-9-27(24-14)13-4-5-13;1-24-11-21-15-5-2-12(10-14(15)19(24)27)18-17(22-20-25(18)8-9-28-20)16-6-7-26(23-16)13-3-4-13/h3,6-7,9-11,13H,1-2,4-5,8H2,(H2,21,28);2,5-11,13H,3-4H2,1H3. The Morgan fingerprint density at radius 3 is 2.30 bits per heavy atom. The number of carbonyl (C=O) groups excluding carboxylic acids is 1. The predicted molar refractivity (Wildman–Crippen MR) is 211 cm³/mol. The van der Waals surface area contributed by atoms with Crippen LogP contribution >= 0.6 is 11.3 Å². The number of benzene rings is 1. The Balaban J connectivity index is 0.000000130. The van der Waals surface area contributed by atoms with Gasteiger partial charge in [-0.05, 0) is 68.5 Å². The van der Waals surface area contributed by atoms with E-state index in [1.807, 2.05) is 82.0 Å². The highest BCUT2D eigenvalue weighted by Crippen LogP contribution is 2.39. The minimum Gasteiger partial charge on any atom is -0.364 e. The van der Waals surface area contributed by atoms with Crippen molar-refractivity contribution < 1.29 is 4.79 Å². The molecule has 0 bridgehead atoms. The van der Waals surface area contributed by atoms with Gasteiger partial charge in [-0.15, -0.1) is 11.3 Å². The minimum atomic E-state index is -0.494. The number of carbonyl (C=O) groups is 1. The molecule has 2 aliphatic carbocycles. The number of thiazole rings is 1. The number of imidazole rings is 3. The summed E-state index contributed by atoms with van der Waals surface area (Å²) in [6.07, 6.45) is 17.9. The van der Waals surface area contributed by atoms with Crippen LogP contribution in [-0.2, 0) is 20.0 Å². The highest BCUT2D eigenvalue weighted by Gasteiger charge is 2.29. The molecule has 0 saturated heterocycles. The predicted octanol–water partition coefficient (Wildman–Crippen LogP) is 5.95. The van der Waals surface area contributed by atoms with E-state index >= 15 is 0 Å². The first-order valence-electron chi connectivity index (χ1n) is 18.8. The molecule has 2 N–H and O–H groups in total. The number of nitrogens with zero attached hydrogens (tertiary/aromatic N) is 12. The van der Waals surface area contributed by atoms with Crippen LogP contribution in [0.4, 0.5) is 0 Å². The lowest BCUT2D eigenvalue weighted by Gasteiger charge is -2.09. The molecule has 0 spiro atoms. The van der Waals surface area contributed by atoms with E-state index in [0.29, 0.717) is 34.3 Å². The van der Waals surface area contributed by atoms with Crippen molar-refractivity contribution >= 4 is 38.8 Å². The van der Waals surface area contributed by atoms with Crippen molar-refractivity contribution in [1.29, 1.82) is 0 Å². The molecule has 12 rings (SSSR count). The van der Waals surface area contributed by atoms with Crippen molar-refractivity contribution in [2.45, 2.75) is 57.2 Å². The van der Waals surface area contributed by atoms with E-state index in [2.05, 4.69) is 18.9 Å². The summed E-state index contributed by atoms with van der Waals surface area (Å²) in [7, 11) is 1.72. The van der Waals surface area contributed by atoms with Gasteiger partial charge in [-0.25, -0.2) is 19.9 Å². The molecule has 8 aromatic heterocycles. The van der Waals surface area contributed by atoms with Crippen LogP contribution in [0.15, 0.2) is 90.0 Å². The second-order valence-electron chi connectivity index (χ2n) is 14.7. The van der Waals surface area contributed by atoms with Crippen LogP contribution in [0.25, 0.3) is 66.8 Å². The zero-order valence-electron chi connectivity index (χ0n) is 30.4. The molecule has 1 amide bonds. The molecule has 9 heterocycles. The van der Waals surface area contributed by atoms with Gasteiger partial charge in [0.2, 0.25) is 0 Å². The smallest absolute Gasteiger partial charge is 0.267 e. The van der Waals surface area contributed by atoms with E-state index < -0.39 is 5.91 Å². The molecule has 1 aromatic carbocycles. The fraction of sp³-hybridized carbons (Fsp3) is 0.250. The first kappa shape index (κ1) is 32.7. The van der Waals surface area contributed by atoms with E-state index in [9.17, 15) is 9.59 Å². The summed E-state index contributed by atoms with van der Waals surface area (Å²) < 4.78 is 11.7. The zero-order chi connectivity index (χ0) is 37.7. The number of primary amides is 1. The normalized spacial score (nSPS) is 15.2. The summed E-state index contributed by atoms with van der Waals surface area (Å²) in [4.78, 5) is 43.6. The Labute approximate surface area is 322 Å². The van der Waals surface area contributed by atoms with Gasteiger partial charge in [0.25, 0.3) is 11.5 Å². The SMILES string of the molecule is Cn1cnc2ccc(-c3c(-c4ccn(C5CC5)n4)nc4sccn34)cc2c1=O.NC(=O)c1cnc2ccc(-c3c(-c4ccn(C5CC5)n4)nc4n3CCC4)cn12. The van der Waals surface area contributed by atoms with Crippen molar-refractivity contribution in [3.05, 3.63) is 107 Å². The highest BCUT2D eigenvalue weighted by molar-refractivity contribution is 7.15. The summed E-state index contributed by atoms with van der Waals surface area (Å²) in [5.41, 5.74) is 14.6. The van der Waals surface area contributed by atoms with Crippen molar-refractivity contribution in [2.24, 2.45) is 12.8 Å². The first-order chi connectivity index (χ1) is 27.4. The maximum atomic E-state index is 12.6. The third-order valence-corrected chi connectivity index (χ3v) is 11.6. The molecule has 9 aromatic rings. The van der Waals surface area contributed by atoms with Crippen molar-refractivity contribution in [3.8, 4) is 45.3 Å². The maximum Gasteiger partial charge on any atom is 0.267 e. The van der Waals surface area contributed by atoms with Gasteiger partial charge in [0.05, 0.1) is 46.9 Å². The van der Waals surface area contributed by atoms with Gasteiger partial charge in [0.15, 0.2) is 4.96 Å². The van der Waals surface area contributed by atoms with Crippen LogP contribution in [0, 0.1) is 0 Å². The van der Waals surface area contributed by atoms with Crippen molar-refractivity contribution in [3.63, 3.8) is 0 Å². The largest absolute Gasteiger partial charge is 0.364 e. The Bertz CT molecular complexity index is 3070. The second-order valence-corrected chi connectivity index (χ2v) is 15.6. The van der Waals surface area contributed by atoms with E-state index in [4.69, 9.17) is 25.9 Å². The van der Waals surface area contributed by atoms with Crippen molar-refractivity contribution in [2.75, 3.05) is 0 Å². The number of hydrogen-bond donors (Lipinski definition) is 1. The maximum absolute atomic E-state index is 12.6. The molecule has 0 radical (unpaired) electrons. The molecule has 278 valence electrons. The average molecular weight is 762 g/mol. The summed E-state index contributed by atoms with van der Waals surface area (Å²) in [5.74, 6) is 0.596. The lowest BCUT2D eigenvalue weighted by molar-refractivity contribution is 0.0994. The topological polar surface area (TPSA) is 166 Å². The van der Waals surface area contributed by atoms with Gasteiger partial charge in [-0.2, -0.15) is 10.2 Å². The van der Waals surface area contributed by atoms with Crippen LogP contribution in [0.1, 0.15) is 60.5 Å². The molecule has 15 nitrogen and oxygen atoms in total. The molecule has 0 unspecified atom stereocenters. The van der Waals surface area contributed by atoms with Gasteiger partial charge in [-0.3, -0.25) is 27.8 Å². The minimum absolute atomic E-state index is 0.0579. The quantitative estimate of drug-likeness (QED) is 0.208. The molecule has 16 heteroatoms. The lowest BCUT2D eigenvalue weighted by Crippen LogP contribution is -2.16. The van der Waals surface area contributed by atoms with Gasteiger partial charge in [0, 0.05) is 61.3 Å². The Morgan fingerprint density at radius 2 is 1.57 bits per heavy atom. The summed E-state index contributed by atoms with van der Waals surface area (Å²) in [5, 5.41) is 12.2. The first-order valence-corrected chi connectivity index (χ1v) is 19.6. The number of aryl methyl sites for hydroxylation is 2. The van der Waals surface area contributed by atoms with Gasteiger partial charge in [0.1, 0.15) is 39.9 Å². The van der Waals surface area contributed by atoms with E-state index in [-0.39, 0.29) is 5.56 Å². The molecular formula is C40H35N13O2S. The van der Waals surface area contributed by atoms with Crippen LogP contribution in [0.3, 0.4) is 0 Å². The molecule has 1 aliphatic heterocycles. The van der Waals surface area contributed by atoms with Gasteiger partial charge < -0.3 is 14.9 Å². The second kappa shape index (κ2) is 12.4. The average Bonchev–Trinajstić information content (AvgIpc) is 3.67. The number of amides is 1. The number of aromatic nitrogens is 12. The molecule has 2 saturated carbocycles. The molecule has 56 heavy (non-hydrogen) atoms. The lowest BCUT2D eigenvalue weighted by atomic mass is 10.1. The van der Waals surface area contributed by atoms with Gasteiger partial charge in [-0.1, -0.05) is 6.07 Å². The number of fused-ring (bicyclic) bond motifs is 4. The highest BCUT2D eigenvalue weighted by atomic mass is 32.1. The number of rotatable bonds is 7. The van der Waals surface area contributed by atoms with Crippen LogP contribution in [0.5, 0.6) is 0 Å². The third-order valence-electron chi connectivity index (χ3n) is 10.9. The monoisotopic (exact) mass is 761 g/mol. The van der Waals surface area contributed by atoms with Crippen LogP contribution in [0.2, 0.25) is 0 Å². The molecular weight excluding hydrogens is 727 g/mol. The number of nitrogens with two attached hydrogens (primary N) is 1.